The van der Waals surface area contributed by atoms with Crippen LogP contribution in [0.5, 0.6) is 0 Å². The Labute approximate surface area is 125 Å². The van der Waals surface area contributed by atoms with Crippen molar-refractivity contribution in [2.45, 2.75) is 19.5 Å². The van der Waals surface area contributed by atoms with Gasteiger partial charge in [-0.05, 0) is 38.2 Å². The van der Waals surface area contributed by atoms with Gasteiger partial charge in [0.25, 0.3) is 0 Å². The fourth-order valence-corrected chi connectivity index (χ4v) is 2.22. The number of carbonyl (C=O) groups excluding carboxylic acids is 1. The summed E-state index contributed by atoms with van der Waals surface area (Å²) >= 11 is 0. The third-order valence-electron chi connectivity index (χ3n) is 3.60. The van der Waals surface area contributed by atoms with Crippen molar-refractivity contribution in [1.29, 1.82) is 0 Å². The molecule has 0 N–H and O–H groups in total. The molecule has 0 fully saturated rings. The molecule has 1 atom stereocenters. The van der Waals surface area contributed by atoms with Gasteiger partial charge in [0.1, 0.15) is 5.82 Å². The van der Waals surface area contributed by atoms with E-state index in [0.29, 0.717) is 6.54 Å². The highest BCUT2D eigenvalue weighted by Gasteiger charge is 2.20. The number of nitrogens with zero attached hydrogens (tertiary/aromatic N) is 4. The SMILES string of the molecule is C[C@H](C(=O)N(C)C)N(C)Cc1cccn1-c1ccccn1. The van der Waals surface area contributed by atoms with E-state index in [4.69, 9.17) is 0 Å². The maximum absolute atomic E-state index is 12.0. The zero-order valence-corrected chi connectivity index (χ0v) is 13.0. The molecule has 2 rings (SSSR count). The first-order chi connectivity index (χ1) is 10.0. The second-order valence-electron chi connectivity index (χ2n) is 5.38. The lowest BCUT2D eigenvalue weighted by Gasteiger charge is -2.26. The van der Waals surface area contributed by atoms with E-state index < -0.39 is 0 Å². The quantitative estimate of drug-likeness (QED) is 0.841. The lowest BCUT2D eigenvalue weighted by Crippen LogP contribution is -2.42. The molecule has 5 nitrogen and oxygen atoms in total. The number of likely N-dealkylation sites (N-methyl/N-ethyl adjacent to an activating group) is 2. The first-order valence-corrected chi connectivity index (χ1v) is 6.99. The molecule has 0 saturated heterocycles. The minimum atomic E-state index is -0.160. The molecule has 2 aromatic rings. The number of amides is 1. The molecule has 5 heteroatoms. The zero-order valence-electron chi connectivity index (χ0n) is 13.0. The van der Waals surface area contributed by atoms with E-state index >= 15 is 0 Å². The molecular weight excluding hydrogens is 264 g/mol. The molecule has 21 heavy (non-hydrogen) atoms. The number of hydrogen-bond donors (Lipinski definition) is 0. The summed E-state index contributed by atoms with van der Waals surface area (Å²) in [6.07, 6.45) is 3.77. The summed E-state index contributed by atoms with van der Waals surface area (Å²) in [4.78, 5) is 20.1. The molecule has 0 spiro atoms. The highest BCUT2D eigenvalue weighted by atomic mass is 16.2. The highest BCUT2D eigenvalue weighted by molar-refractivity contribution is 5.80. The lowest BCUT2D eigenvalue weighted by molar-refractivity contribution is -0.133. The minimum absolute atomic E-state index is 0.105. The Morgan fingerprint density at radius 1 is 1.24 bits per heavy atom. The summed E-state index contributed by atoms with van der Waals surface area (Å²) in [7, 11) is 5.52. The topological polar surface area (TPSA) is 41.4 Å². The van der Waals surface area contributed by atoms with E-state index in [0.717, 1.165) is 11.5 Å². The van der Waals surface area contributed by atoms with Crippen molar-refractivity contribution in [2.75, 3.05) is 21.1 Å². The molecule has 0 unspecified atom stereocenters. The normalized spacial score (nSPS) is 12.4. The lowest BCUT2D eigenvalue weighted by atomic mass is 10.2. The third-order valence-corrected chi connectivity index (χ3v) is 3.60. The Morgan fingerprint density at radius 3 is 2.62 bits per heavy atom. The van der Waals surface area contributed by atoms with Gasteiger partial charge in [0, 0.05) is 38.7 Å². The number of carbonyl (C=O) groups is 1. The van der Waals surface area contributed by atoms with Crippen LogP contribution in [0.25, 0.3) is 5.82 Å². The van der Waals surface area contributed by atoms with Crippen LogP contribution in [0, 0.1) is 0 Å². The molecule has 0 radical (unpaired) electrons. The van der Waals surface area contributed by atoms with E-state index in [9.17, 15) is 4.79 Å². The zero-order chi connectivity index (χ0) is 15.4. The minimum Gasteiger partial charge on any atom is -0.347 e. The highest BCUT2D eigenvalue weighted by Crippen LogP contribution is 2.13. The van der Waals surface area contributed by atoms with Crippen LogP contribution in [0.4, 0.5) is 0 Å². The maximum Gasteiger partial charge on any atom is 0.239 e. The monoisotopic (exact) mass is 286 g/mol. The molecule has 0 aromatic carbocycles. The fourth-order valence-electron chi connectivity index (χ4n) is 2.22. The number of rotatable bonds is 5. The van der Waals surface area contributed by atoms with Crippen molar-refractivity contribution in [1.82, 2.24) is 19.4 Å². The van der Waals surface area contributed by atoms with Gasteiger partial charge in [-0.25, -0.2) is 4.98 Å². The molecule has 0 aliphatic heterocycles. The average Bonchev–Trinajstić information content (AvgIpc) is 2.94. The molecule has 1 amide bonds. The van der Waals surface area contributed by atoms with Crippen molar-refractivity contribution in [2.24, 2.45) is 0 Å². The van der Waals surface area contributed by atoms with Crippen LogP contribution in [-0.2, 0) is 11.3 Å². The molecular formula is C16H22N4O. The molecule has 2 aromatic heterocycles. The van der Waals surface area contributed by atoms with Gasteiger partial charge in [-0.15, -0.1) is 0 Å². The van der Waals surface area contributed by atoms with Gasteiger partial charge in [0.15, 0.2) is 0 Å². The number of hydrogen-bond acceptors (Lipinski definition) is 3. The molecule has 0 bridgehead atoms. The van der Waals surface area contributed by atoms with Crippen molar-refractivity contribution < 1.29 is 4.79 Å². The second-order valence-corrected chi connectivity index (χ2v) is 5.38. The van der Waals surface area contributed by atoms with Crippen LogP contribution in [0.1, 0.15) is 12.6 Å². The predicted octanol–water partition coefficient (Wildman–Crippen LogP) is 1.78. The van der Waals surface area contributed by atoms with Gasteiger partial charge in [-0.3, -0.25) is 9.69 Å². The van der Waals surface area contributed by atoms with Gasteiger partial charge in [-0.1, -0.05) is 6.07 Å². The summed E-state index contributed by atoms with van der Waals surface area (Å²) in [6, 6.07) is 9.73. The maximum atomic E-state index is 12.0. The Balaban J connectivity index is 2.14. The van der Waals surface area contributed by atoms with Gasteiger partial charge in [-0.2, -0.15) is 0 Å². The fraction of sp³-hybridized carbons (Fsp3) is 0.375. The van der Waals surface area contributed by atoms with Crippen LogP contribution in [0.15, 0.2) is 42.7 Å². The van der Waals surface area contributed by atoms with Gasteiger partial charge in [0.05, 0.1) is 6.04 Å². The van der Waals surface area contributed by atoms with E-state index in [1.54, 1.807) is 25.2 Å². The van der Waals surface area contributed by atoms with Gasteiger partial charge < -0.3 is 9.47 Å². The van der Waals surface area contributed by atoms with Crippen molar-refractivity contribution in [3.8, 4) is 5.82 Å². The largest absolute Gasteiger partial charge is 0.347 e. The van der Waals surface area contributed by atoms with Crippen molar-refractivity contribution >= 4 is 5.91 Å². The summed E-state index contributed by atoms with van der Waals surface area (Å²) in [5.74, 6) is 0.992. The average molecular weight is 286 g/mol. The van der Waals surface area contributed by atoms with Crippen LogP contribution in [0.3, 0.4) is 0 Å². The smallest absolute Gasteiger partial charge is 0.239 e. The summed E-state index contributed by atoms with van der Waals surface area (Å²) in [5, 5.41) is 0. The second kappa shape index (κ2) is 6.54. The Hall–Kier alpha value is -2.14. The summed E-state index contributed by atoms with van der Waals surface area (Å²) < 4.78 is 2.04. The Kier molecular flexibility index (Phi) is 4.75. The van der Waals surface area contributed by atoms with Crippen LogP contribution in [-0.4, -0.2) is 52.4 Å². The standard InChI is InChI=1S/C16H22N4O/c1-13(16(21)18(2)3)19(4)12-14-8-7-11-20(14)15-9-5-6-10-17-15/h5-11,13H,12H2,1-4H3/t13-/m1/s1. The molecule has 0 aliphatic rings. The van der Waals surface area contributed by atoms with Crippen molar-refractivity contribution in [3.63, 3.8) is 0 Å². The molecule has 112 valence electrons. The van der Waals surface area contributed by atoms with Crippen molar-refractivity contribution in [3.05, 3.63) is 48.4 Å². The Morgan fingerprint density at radius 2 is 2.00 bits per heavy atom. The first-order valence-electron chi connectivity index (χ1n) is 6.99. The van der Waals surface area contributed by atoms with E-state index in [1.807, 2.05) is 53.9 Å². The van der Waals surface area contributed by atoms with Crippen LogP contribution < -0.4 is 0 Å². The molecule has 0 aliphatic carbocycles. The third kappa shape index (κ3) is 3.49. The predicted molar refractivity (Wildman–Crippen MR) is 83.2 cm³/mol. The molecule has 0 saturated carbocycles. The Bertz CT molecular complexity index is 591. The molecule has 2 heterocycles. The van der Waals surface area contributed by atoms with Gasteiger partial charge >= 0.3 is 0 Å². The number of aromatic nitrogens is 2. The van der Waals surface area contributed by atoms with E-state index in [-0.39, 0.29) is 11.9 Å². The number of pyridine rings is 1. The van der Waals surface area contributed by atoms with Gasteiger partial charge in [0.2, 0.25) is 5.91 Å². The van der Waals surface area contributed by atoms with Crippen LogP contribution >= 0.6 is 0 Å². The first kappa shape index (κ1) is 15.3. The summed E-state index contributed by atoms with van der Waals surface area (Å²) in [6.45, 7) is 2.61. The van der Waals surface area contributed by atoms with E-state index in [1.165, 1.54) is 0 Å². The summed E-state index contributed by atoms with van der Waals surface area (Å²) in [5.41, 5.74) is 1.11. The van der Waals surface area contributed by atoms with E-state index in [2.05, 4.69) is 11.1 Å². The van der Waals surface area contributed by atoms with Crippen LogP contribution in [0.2, 0.25) is 0 Å².